The summed E-state index contributed by atoms with van der Waals surface area (Å²) in [6.45, 7) is 2.75. The van der Waals surface area contributed by atoms with Crippen molar-refractivity contribution in [1.82, 2.24) is 9.97 Å². The highest BCUT2D eigenvalue weighted by Crippen LogP contribution is 2.28. The largest absolute Gasteiger partial charge is 0.330 e. The van der Waals surface area contributed by atoms with Crippen molar-refractivity contribution in [3.63, 3.8) is 0 Å². The van der Waals surface area contributed by atoms with Gasteiger partial charge in [-0.3, -0.25) is 0 Å². The van der Waals surface area contributed by atoms with Crippen molar-refractivity contribution in [2.75, 3.05) is 6.54 Å². The molecule has 1 heterocycles. The molecule has 2 rings (SSSR count). The predicted molar refractivity (Wildman–Crippen MR) is 70.1 cm³/mol. The topological polar surface area (TPSA) is 51.8 Å². The lowest BCUT2D eigenvalue weighted by Gasteiger charge is -2.08. The first-order chi connectivity index (χ1) is 8.29. The maximum Gasteiger partial charge on any atom is 0.192 e. The van der Waals surface area contributed by atoms with Crippen LogP contribution in [0.2, 0.25) is 0 Å². The van der Waals surface area contributed by atoms with E-state index in [-0.39, 0.29) is 0 Å². The summed E-state index contributed by atoms with van der Waals surface area (Å²) in [5.74, 6) is 0. The van der Waals surface area contributed by atoms with Crippen LogP contribution in [0.25, 0.3) is 0 Å². The Morgan fingerprint density at radius 2 is 2.00 bits per heavy atom. The second-order valence-electron chi connectivity index (χ2n) is 3.78. The molecule has 0 spiro atoms. The van der Waals surface area contributed by atoms with E-state index in [1.54, 1.807) is 24.2 Å². The summed E-state index contributed by atoms with van der Waals surface area (Å²) in [6.07, 6.45) is 4.40. The molecule has 1 aromatic carbocycles. The van der Waals surface area contributed by atoms with E-state index in [4.69, 9.17) is 5.73 Å². The SMILES string of the molecule is Cc1ccc(Sc2ncccn2)c(CCN)c1. The quantitative estimate of drug-likeness (QED) is 0.841. The van der Waals surface area contributed by atoms with E-state index in [2.05, 4.69) is 35.1 Å². The van der Waals surface area contributed by atoms with Crippen LogP contribution >= 0.6 is 11.8 Å². The lowest BCUT2D eigenvalue weighted by molar-refractivity contribution is 0.932. The van der Waals surface area contributed by atoms with Gasteiger partial charge in [-0.05, 0) is 49.3 Å². The smallest absolute Gasteiger partial charge is 0.192 e. The zero-order valence-electron chi connectivity index (χ0n) is 9.76. The van der Waals surface area contributed by atoms with Crippen LogP contribution in [0.4, 0.5) is 0 Å². The molecule has 4 heteroatoms. The van der Waals surface area contributed by atoms with Gasteiger partial charge < -0.3 is 5.73 Å². The third-order valence-electron chi connectivity index (χ3n) is 2.37. The third-order valence-corrected chi connectivity index (χ3v) is 3.38. The number of nitrogens with two attached hydrogens (primary N) is 1. The van der Waals surface area contributed by atoms with Crippen LogP contribution in [0.3, 0.4) is 0 Å². The summed E-state index contributed by atoms with van der Waals surface area (Å²) >= 11 is 1.59. The van der Waals surface area contributed by atoms with Crippen molar-refractivity contribution in [2.45, 2.75) is 23.4 Å². The molecule has 0 saturated heterocycles. The molecule has 1 aromatic heterocycles. The molecule has 2 N–H and O–H groups in total. The van der Waals surface area contributed by atoms with Gasteiger partial charge >= 0.3 is 0 Å². The third kappa shape index (κ3) is 3.28. The zero-order valence-corrected chi connectivity index (χ0v) is 10.6. The summed E-state index contributed by atoms with van der Waals surface area (Å²) in [5, 5.41) is 0.773. The Hall–Kier alpha value is -1.39. The number of nitrogens with zero attached hydrogens (tertiary/aromatic N) is 2. The van der Waals surface area contributed by atoms with Crippen LogP contribution in [0, 0.1) is 6.92 Å². The van der Waals surface area contributed by atoms with Gasteiger partial charge in [0.25, 0.3) is 0 Å². The fraction of sp³-hybridized carbons (Fsp3) is 0.231. The highest BCUT2D eigenvalue weighted by atomic mass is 32.2. The number of rotatable bonds is 4. The minimum absolute atomic E-state index is 0.659. The molecule has 3 nitrogen and oxygen atoms in total. The van der Waals surface area contributed by atoms with Crippen LogP contribution in [0.1, 0.15) is 11.1 Å². The molecule has 0 amide bonds. The molecule has 0 saturated carbocycles. The van der Waals surface area contributed by atoms with Gasteiger partial charge in [0.1, 0.15) is 0 Å². The van der Waals surface area contributed by atoms with Gasteiger partial charge in [-0.2, -0.15) is 0 Å². The van der Waals surface area contributed by atoms with Gasteiger partial charge in [-0.15, -0.1) is 0 Å². The van der Waals surface area contributed by atoms with Crippen molar-refractivity contribution < 1.29 is 0 Å². The van der Waals surface area contributed by atoms with Gasteiger partial charge in [0.15, 0.2) is 5.16 Å². The van der Waals surface area contributed by atoms with Crippen LogP contribution < -0.4 is 5.73 Å². The zero-order chi connectivity index (χ0) is 12.1. The van der Waals surface area contributed by atoms with Crippen molar-refractivity contribution in [1.29, 1.82) is 0 Å². The molecule has 17 heavy (non-hydrogen) atoms. The van der Waals surface area contributed by atoms with E-state index in [1.165, 1.54) is 16.0 Å². The number of aromatic nitrogens is 2. The normalized spacial score (nSPS) is 10.5. The molecular weight excluding hydrogens is 230 g/mol. The van der Waals surface area contributed by atoms with E-state index in [0.717, 1.165) is 11.6 Å². The molecular formula is C13H15N3S. The molecule has 0 atom stereocenters. The molecule has 0 aliphatic carbocycles. The van der Waals surface area contributed by atoms with Gasteiger partial charge in [0.2, 0.25) is 0 Å². The fourth-order valence-corrected chi connectivity index (χ4v) is 2.45. The van der Waals surface area contributed by atoms with Crippen LogP contribution in [-0.4, -0.2) is 16.5 Å². The molecule has 0 fully saturated rings. The first kappa shape index (κ1) is 12.1. The van der Waals surface area contributed by atoms with Crippen molar-refractivity contribution >= 4 is 11.8 Å². The maximum absolute atomic E-state index is 5.63. The molecule has 0 aliphatic heterocycles. The average molecular weight is 245 g/mol. The number of hydrogen-bond acceptors (Lipinski definition) is 4. The van der Waals surface area contributed by atoms with E-state index < -0.39 is 0 Å². The van der Waals surface area contributed by atoms with Crippen molar-refractivity contribution in [3.8, 4) is 0 Å². The van der Waals surface area contributed by atoms with Crippen LogP contribution in [0.15, 0.2) is 46.7 Å². The lowest BCUT2D eigenvalue weighted by atomic mass is 10.1. The van der Waals surface area contributed by atoms with Gasteiger partial charge in [-0.25, -0.2) is 9.97 Å². The molecule has 88 valence electrons. The molecule has 0 unspecified atom stereocenters. The maximum atomic E-state index is 5.63. The predicted octanol–water partition coefficient (Wildman–Crippen LogP) is 2.44. The van der Waals surface area contributed by atoms with Gasteiger partial charge in [-0.1, -0.05) is 17.7 Å². The summed E-state index contributed by atoms with van der Waals surface area (Å²) in [6, 6.07) is 8.21. The minimum Gasteiger partial charge on any atom is -0.330 e. The second kappa shape index (κ2) is 5.80. The van der Waals surface area contributed by atoms with E-state index in [0.29, 0.717) is 6.54 Å². The standard InChI is InChI=1S/C13H15N3S/c1-10-3-4-12(11(9-10)5-6-14)17-13-15-7-2-8-16-13/h2-4,7-9H,5-6,14H2,1H3. The highest BCUT2D eigenvalue weighted by molar-refractivity contribution is 7.99. The van der Waals surface area contributed by atoms with Crippen LogP contribution in [0.5, 0.6) is 0 Å². The summed E-state index contributed by atoms with van der Waals surface area (Å²) < 4.78 is 0. The van der Waals surface area contributed by atoms with E-state index >= 15 is 0 Å². The number of hydrogen-bond donors (Lipinski definition) is 1. The van der Waals surface area contributed by atoms with E-state index in [1.807, 2.05) is 6.07 Å². The number of aryl methyl sites for hydroxylation is 1. The van der Waals surface area contributed by atoms with Crippen molar-refractivity contribution in [2.24, 2.45) is 5.73 Å². The monoisotopic (exact) mass is 245 g/mol. The Morgan fingerprint density at radius 1 is 1.24 bits per heavy atom. The Labute approximate surface area is 105 Å². The van der Waals surface area contributed by atoms with Crippen LogP contribution in [-0.2, 0) is 6.42 Å². The molecule has 0 bridgehead atoms. The molecule has 0 radical (unpaired) electrons. The van der Waals surface area contributed by atoms with Gasteiger partial charge in [0, 0.05) is 17.3 Å². The minimum atomic E-state index is 0.659. The van der Waals surface area contributed by atoms with Gasteiger partial charge in [0.05, 0.1) is 0 Å². The second-order valence-corrected chi connectivity index (χ2v) is 4.79. The van der Waals surface area contributed by atoms with Crippen molar-refractivity contribution in [3.05, 3.63) is 47.8 Å². The fourth-order valence-electron chi connectivity index (χ4n) is 1.60. The first-order valence-electron chi connectivity index (χ1n) is 5.54. The highest BCUT2D eigenvalue weighted by Gasteiger charge is 2.05. The number of benzene rings is 1. The van der Waals surface area contributed by atoms with E-state index in [9.17, 15) is 0 Å². The Morgan fingerprint density at radius 3 is 2.71 bits per heavy atom. The summed E-state index contributed by atoms with van der Waals surface area (Å²) in [5.41, 5.74) is 8.16. The lowest BCUT2D eigenvalue weighted by Crippen LogP contribution is -2.04. The molecule has 0 aliphatic rings. The summed E-state index contributed by atoms with van der Waals surface area (Å²) in [7, 11) is 0. The Balaban J connectivity index is 2.26. The first-order valence-corrected chi connectivity index (χ1v) is 6.35. The summed E-state index contributed by atoms with van der Waals surface area (Å²) in [4.78, 5) is 9.62. The molecule has 2 aromatic rings. The average Bonchev–Trinajstić information content (AvgIpc) is 2.34. The Bertz CT molecular complexity index is 485. The Kier molecular flexibility index (Phi) is 4.12.